The first-order valence-electron chi connectivity index (χ1n) is 9.65. The van der Waals surface area contributed by atoms with Crippen molar-refractivity contribution in [2.75, 3.05) is 4.90 Å². The van der Waals surface area contributed by atoms with Crippen molar-refractivity contribution < 1.29 is 9.90 Å². The third-order valence-corrected chi connectivity index (χ3v) is 6.28. The smallest absolute Gasteiger partial charge is 0.243 e. The van der Waals surface area contributed by atoms with Gasteiger partial charge in [-0.3, -0.25) is 9.69 Å². The quantitative estimate of drug-likeness (QED) is 0.917. The summed E-state index contributed by atoms with van der Waals surface area (Å²) in [6, 6.07) is 8.44. The van der Waals surface area contributed by atoms with E-state index in [9.17, 15) is 9.90 Å². The Kier molecular flexibility index (Phi) is 3.60. The molecule has 0 radical (unpaired) electrons. The number of anilines is 2. The first-order valence-corrected chi connectivity index (χ1v) is 9.65. The molecular weight excluding hydrogens is 326 g/mol. The third kappa shape index (κ3) is 2.30. The average Bonchev–Trinajstić information content (AvgIpc) is 3.47. The van der Waals surface area contributed by atoms with E-state index >= 15 is 0 Å². The molecule has 2 aromatic rings. The van der Waals surface area contributed by atoms with E-state index in [1.54, 1.807) is 11.1 Å². The lowest BCUT2D eigenvalue weighted by Crippen LogP contribution is -2.28. The van der Waals surface area contributed by atoms with Crippen molar-refractivity contribution in [3.63, 3.8) is 0 Å². The van der Waals surface area contributed by atoms with Crippen LogP contribution in [0.2, 0.25) is 0 Å². The minimum absolute atomic E-state index is 0.0994. The van der Waals surface area contributed by atoms with E-state index in [1.165, 1.54) is 37.7 Å². The molecule has 0 saturated heterocycles. The Bertz CT molecular complexity index is 852. The van der Waals surface area contributed by atoms with Crippen LogP contribution < -0.4 is 4.90 Å². The van der Waals surface area contributed by atoms with E-state index in [1.807, 2.05) is 12.1 Å². The molecule has 1 aromatic carbocycles. The zero-order chi connectivity index (χ0) is 17.7. The van der Waals surface area contributed by atoms with Crippen LogP contribution in [0.4, 0.5) is 11.5 Å². The molecule has 2 fully saturated rings. The number of aliphatic hydroxyl groups is 1. The van der Waals surface area contributed by atoms with Gasteiger partial charge in [0.15, 0.2) is 5.82 Å². The molecule has 26 heavy (non-hydrogen) atoms. The van der Waals surface area contributed by atoms with Crippen LogP contribution in [0.15, 0.2) is 30.5 Å². The Hall–Kier alpha value is -2.27. The highest BCUT2D eigenvalue weighted by atomic mass is 16.3. The maximum Gasteiger partial charge on any atom is 0.243 e. The number of rotatable bonds is 3. The second kappa shape index (κ2) is 5.88. The van der Waals surface area contributed by atoms with Gasteiger partial charge in [-0.15, -0.1) is 0 Å². The van der Waals surface area contributed by atoms with Crippen LogP contribution in [0, 0.1) is 0 Å². The van der Waals surface area contributed by atoms with Gasteiger partial charge in [-0.1, -0.05) is 31.4 Å². The van der Waals surface area contributed by atoms with Crippen molar-refractivity contribution in [1.82, 2.24) is 9.97 Å². The van der Waals surface area contributed by atoms with Crippen molar-refractivity contribution in [2.24, 2.45) is 0 Å². The normalized spacial score (nSPS) is 21.3. The molecule has 2 aliphatic carbocycles. The number of fused-ring (bicyclic) bond motifs is 2. The summed E-state index contributed by atoms with van der Waals surface area (Å²) in [6.07, 6.45) is 9.95. The maximum absolute atomic E-state index is 13.1. The van der Waals surface area contributed by atoms with Crippen LogP contribution in [0.1, 0.15) is 67.8 Å². The fraction of sp³-hybridized carbons (Fsp3) is 0.476. The summed E-state index contributed by atoms with van der Waals surface area (Å²) in [5.41, 5.74) is 2.73. The fourth-order valence-corrected chi connectivity index (χ4v) is 4.60. The van der Waals surface area contributed by atoms with Gasteiger partial charge in [-0.25, -0.2) is 9.97 Å². The van der Waals surface area contributed by atoms with Gasteiger partial charge in [0.2, 0.25) is 5.91 Å². The van der Waals surface area contributed by atoms with Gasteiger partial charge in [-0.05, 0) is 49.3 Å². The van der Waals surface area contributed by atoms with Gasteiger partial charge in [0.25, 0.3) is 0 Å². The van der Waals surface area contributed by atoms with Gasteiger partial charge in [-0.2, -0.15) is 0 Å². The number of hydrogen-bond acceptors (Lipinski definition) is 4. The summed E-state index contributed by atoms with van der Waals surface area (Å²) in [7, 11) is 0. The minimum Gasteiger partial charge on any atom is -0.388 e. The lowest BCUT2D eigenvalue weighted by molar-refractivity contribution is -0.119. The molecule has 1 aliphatic heterocycles. The van der Waals surface area contributed by atoms with Gasteiger partial charge in [0.1, 0.15) is 12.4 Å². The van der Waals surface area contributed by atoms with Crippen LogP contribution in [-0.2, 0) is 16.8 Å². The third-order valence-electron chi connectivity index (χ3n) is 6.28. The van der Waals surface area contributed by atoms with Crippen molar-refractivity contribution in [3.05, 3.63) is 47.4 Å². The molecular formula is C21H23N3O2. The molecule has 3 aliphatic rings. The number of amides is 1. The Balaban J connectivity index is 1.51. The molecule has 0 bridgehead atoms. The number of carbonyl (C=O) groups is 1. The van der Waals surface area contributed by atoms with Crippen molar-refractivity contribution in [1.29, 1.82) is 0 Å². The van der Waals surface area contributed by atoms with Gasteiger partial charge in [0.05, 0.1) is 11.1 Å². The topological polar surface area (TPSA) is 66.3 Å². The summed E-state index contributed by atoms with van der Waals surface area (Å²) in [6.45, 7) is -0.219. The molecule has 0 unspecified atom stereocenters. The number of aromatic nitrogens is 2. The van der Waals surface area contributed by atoms with E-state index in [-0.39, 0.29) is 12.5 Å². The van der Waals surface area contributed by atoms with E-state index < -0.39 is 5.41 Å². The SMILES string of the molecule is O=C1N(c2ccc(C3CCCCC3)cc2)c2nc(CO)ncc2C12CC2. The Morgan fingerprint density at radius 1 is 1.12 bits per heavy atom. The van der Waals surface area contributed by atoms with E-state index in [2.05, 4.69) is 22.1 Å². The molecule has 1 spiro atoms. The second-order valence-corrected chi connectivity index (χ2v) is 7.83. The predicted molar refractivity (Wildman–Crippen MR) is 98.3 cm³/mol. The summed E-state index contributed by atoms with van der Waals surface area (Å²) < 4.78 is 0. The molecule has 2 saturated carbocycles. The molecule has 2 heterocycles. The fourth-order valence-electron chi connectivity index (χ4n) is 4.60. The number of carbonyl (C=O) groups excluding carboxylic acids is 1. The van der Waals surface area contributed by atoms with Crippen LogP contribution in [0.5, 0.6) is 0 Å². The summed E-state index contributed by atoms with van der Waals surface area (Å²) in [4.78, 5) is 23.5. The first kappa shape index (κ1) is 15.9. The van der Waals surface area contributed by atoms with Gasteiger partial charge < -0.3 is 5.11 Å². The summed E-state index contributed by atoms with van der Waals surface area (Å²) in [5.74, 6) is 1.76. The molecule has 5 rings (SSSR count). The van der Waals surface area contributed by atoms with Crippen LogP contribution in [0.3, 0.4) is 0 Å². The zero-order valence-electron chi connectivity index (χ0n) is 14.8. The lowest BCUT2D eigenvalue weighted by atomic mass is 9.84. The number of nitrogens with zero attached hydrogens (tertiary/aromatic N) is 3. The number of benzene rings is 1. The molecule has 1 N–H and O–H groups in total. The summed E-state index contributed by atoms with van der Waals surface area (Å²) >= 11 is 0. The Labute approximate surface area is 153 Å². The summed E-state index contributed by atoms with van der Waals surface area (Å²) in [5, 5.41) is 9.39. The first-order chi connectivity index (χ1) is 12.7. The van der Waals surface area contributed by atoms with E-state index in [4.69, 9.17) is 0 Å². The van der Waals surface area contributed by atoms with Crippen LogP contribution in [-0.4, -0.2) is 21.0 Å². The highest BCUT2D eigenvalue weighted by molar-refractivity contribution is 6.13. The molecule has 5 heteroatoms. The monoisotopic (exact) mass is 349 g/mol. The van der Waals surface area contributed by atoms with Gasteiger partial charge in [0, 0.05) is 11.8 Å². The lowest BCUT2D eigenvalue weighted by Gasteiger charge is -2.23. The standard InChI is InChI=1S/C21H23N3O2/c25-13-18-22-12-17-19(23-18)24(20(26)21(17)10-11-21)16-8-6-15(7-9-16)14-4-2-1-3-5-14/h6-9,12,14,25H,1-5,10-11,13H2. The predicted octanol–water partition coefficient (Wildman–Crippen LogP) is 3.73. The largest absolute Gasteiger partial charge is 0.388 e. The second-order valence-electron chi connectivity index (χ2n) is 7.83. The maximum atomic E-state index is 13.1. The van der Waals surface area contributed by atoms with Crippen molar-refractivity contribution in [3.8, 4) is 0 Å². The Morgan fingerprint density at radius 2 is 1.85 bits per heavy atom. The number of aliphatic hydroxyl groups excluding tert-OH is 1. The molecule has 1 amide bonds. The highest BCUT2D eigenvalue weighted by Crippen LogP contribution is 2.58. The average molecular weight is 349 g/mol. The molecule has 5 nitrogen and oxygen atoms in total. The van der Waals surface area contributed by atoms with Crippen LogP contribution in [0.25, 0.3) is 0 Å². The van der Waals surface area contributed by atoms with E-state index in [0.717, 1.165) is 24.1 Å². The molecule has 134 valence electrons. The highest BCUT2D eigenvalue weighted by Gasteiger charge is 2.60. The van der Waals surface area contributed by atoms with Gasteiger partial charge >= 0.3 is 0 Å². The van der Waals surface area contributed by atoms with Crippen molar-refractivity contribution >= 4 is 17.4 Å². The zero-order valence-corrected chi connectivity index (χ0v) is 14.8. The minimum atomic E-state index is -0.425. The van der Waals surface area contributed by atoms with Crippen LogP contribution >= 0.6 is 0 Å². The van der Waals surface area contributed by atoms with E-state index in [0.29, 0.717) is 17.6 Å². The number of hydrogen-bond donors (Lipinski definition) is 1. The van der Waals surface area contributed by atoms with Crippen molar-refractivity contribution in [2.45, 2.75) is 62.9 Å². The Morgan fingerprint density at radius 3 is 2.50 bits per heavy atom. The molecule has 0 atom stereocenters. The molecule has 1 aromatic heterocycles.